The van der Waals surface area contributed by atoms with Gasteiger partial charge in [-0.05, 0) is 0 Å². The van der Waals surface area contributed by atoms with E-state index < -0.39 is 0 Å². The van der Waals surface area contributed by atoms with Crippen molar-refractivity contribution in [2.75, 3.05) is 13.1 Å². The van der Waals surface area contributed by atoms with Crippen LogP contribution >= 0.6 is 0 Å². The van der Waals surface area contributed by atoms with Crippen molar-refractivity contribution < 1.29 is 4.79 Å². The van der Waals surface area contributed by atoms with Crippen LogP contribution in [0.3, 0.4) is 0 Å². The summed E-state index contributed by atoms with van der Waals surface area (Å²) in [5.41, 5.74) is 5.10. The Kier molecular flexibility index (Phi) is 3.23. The fourth-order valence-electron chi connectivity index (χ4n) is 0.996. The summed E-state index contributed by atoms with van der Waals surface area (Å²) in [6.07, 6.45) is 2.36. The number of nitrogens with one attached hydrogen (secondary N) is 1. The van der Waals surface area contributed by atoms with Crippen molar-refractivity contribution in [2.24, 2.45) is 0 Å². The molecule has 0 bridgehead atoms. The SMILES string of the molecule is C[AsH]C(=O)N1CCCCN1. The van der Waals surface area contributed by atoms with E-state index in [1.165, 1.54) is 6.42 Å². The second-order valence-electron chi connectivity index (χ2n) is 2.32. The van der Waals surface area contributed by atoms with Crippen LogP contribution in [0.25, 0.3) is 0 Å². The first-order valence-corrected chi connectivity index (χ1v) is 6.72. The van der Waals surface area contributed by atoms with Crippen LogP contribution in [0.15, 0.2) is 0 Å². The van der Waals surface area contributed by atoms with Crippen molar-refractivity contribution in [3.8, 4) is 0 Å². The molecule has 4 heteroatoms. The van der Waals surface area contributed by atoms with Gasteiger partial charge in [-0.25, -0.2) is 0 Å². The molecule has 1 fully saturated rings. The molecule has 1 amide bonds. The second-order valence-corrected chi connectivity index (χ2v) is 4.27. The molecule has 0 spiro atoms. The van der Waals surface area contributed by atoms with Crippen LogP contribution in [0.2, 0.25) is 5.71 Å². The summed E-state index contributed by atoms with van der Waals surface area (Å²) >= 11 is -0.373. The summed E-state index contributed by atoms with van der Waals surface area (Å²) in [5, 5.41) is 1.78. The Hall–Kier alpha value is -0.0116. The van der Waals surface area contributed by atoms with Crippen molar-refractivity contribution in [1.29, 1.82) is 0 Å². The Morgan fingerprint density at radius 2 is 2.40 bits per heavy atom. The number of rotatable bonds is 1. The average molecular weight is 204 g/mol. The predicted octanol–water partition coefficient (Wildman–Crippen LogP) is 0.191. The molecule has 0 aliphatic carbocycles. The van der Waals surface area contributed by atoms with Crippen molar-refractivity contribution in [2.45, 2.75) is 18.6 Å². The predicted molar refractivity (Wildman–Crippen MR) is 42.4 cm³/mol. The van der Waals surface area contributed by atoms with Crippen molar-refractivity contribution in [1.82, 2.24) is 10.4 Å². The third-order valence-electron chi connectivity index (χ3n) is 1.57. The van der Waals surface area contributed by atoms with Gasteiger partial charge in [-0.3, -0.25) is 0 Å². The number of hydrogen-bond acceptors (Lipinski definition) is 2. The van der Waals surface area contributed by atoms with Gasteiger partial charge in [0.15, 0.2) is 0 Å². The molecule has 1 heterocycles. The van der Waals surface area contributed by atoms with Crippen LogP contribution < -0.4 is 5.43 Å². The third-order valence-corrected chi connectivity index (χ3v) is 3.03. The monoisotopic (exact) mass is 204 g/mol. The first-order chi connectivity index (χ1) is 4.84. The number of nitrogens with zero attached hydrogens (tertiary/aromatic N) is 1. The van der Waals surface area contributed by atoms with Gasteiger partial charge in [0.25, 0.3) is 0 Å². The van der Waals surface area contributed by atoms with Crippen LogP contribution in [0.5, 0.6) is 0 Å². The zero-order chi connectivity index (χ0) is 7.40. The van der Waals surface area contributed by atoms with Crippen molar-refractivity contribution >= 4 is 20.4 Å². The Morgan fingerprint density at radius 1 is 1.60 bits per heavy atom. The van der Waals surface area contributed by atoms with E-state index in [1.54, 1.807) is 5.01 Å². The van der Waals surface area contributed by atoms with E-state index in [-0.39, 0.29) is 15.8 Å². The van der Waals surface area contributed by atoms with Gasteiger partial charge in [-0.2, -0.15) is 0 Å². The molecule has 58 valence electrons. The molecular formula is C6H13AsN2O. The van der Waals surface area contributed by atoms with Gasteiger partial charge in [0.05, 0.1) is 0 Å². The van der Waals surface area contributed by atoms with Crippen LogP contribution in [0.1, 0.15) is 12.8 Å². The number of carbonyl (C=O) groups is 1. The summed E-state index contributed by atoms with van der Waals surface area (Å²) in [6.45, 7) is 1.88. The quantitative estimate of drug-likeness (QED) is 0.618. The zero-order valence-corrected chi connectivity index (χ0v) is 8.28. The van der Waals surface area contributed by atoms with E-state index in [9.17, 15) is 4.79 Å². The maximum atomic E-state index is 11.1. The molecular weight excluding hydrogens is 191 g/mol. The van der Waals surface area contributed by atoms with Gasteiger partial charge in [0.2, 0.25) is 0 Å². The number of hydrogen-bond donors (Lipinski definition) is 1. The molecule has 1 unspecified atom stereocenters. The maximum absolute atomic E-state index is 11.1. The standard InChI is InChI=1S/C6H13AsN2O/c1-7-6(10)9-5-3-2-4-8-9/h7-8H,2-5H2,1H3. The summed E-state index contributed by atoms with van der Waals surface area (Å²) in [7, 11) is 0. The van der Waals surface area contributed by atoms with Crippen molar-refractivity contribution in [3.63, 3.8) is 0 Å². The third kappa shape index (κ3) is 1.99. The van der Waals surface area contributed by atoms with Crippen molar-refractivity contribution in [3.05, 3.63) is 0 Å². The van der Waals surface area contributed by atoms with Gasteiger partial charge >= 0.3 is 67.3 Å². The molecule has 1 aliphatic rings. The van der Waals surface area contributed by atoms with E-state index in [0.717, 1.165) is 19.5 Å². The van der Waals surface area contributed by atoms with E-state index in [4.69, 9.17) is 0 Å². The molecule has 1 rings (SSSR count). The molecule has 1 N–H and O–H groups in total. The summed E-state index contributed by atoms with van der Waals surface area (Å²) in [4.78, 5) is 11.1. The molecule has 1 saturated heterocycles. The Morgan fingerprint density at radius 3 is 2.90 bits per heavy atom. The molecule has 10 heavy (non-hydrogen) atoms. The molecule has 3 nitrogen and oxygen atoms in total. The molecule has 1 aliphatic heterocycles. The Bertz CT molecular complexity index is 123. The number of amides is 1. The van der Waals surface area contributed by atoms with Crippen LogP contribution in [0.4, 0.5) is 4.79 Å². The molecule has 0 aromatic carbocycles. The second kappa shape index (κ2) is 3.99. The van der Waals surface area contributed by atoms with E-state index in [1.807, 2.05) is 5.71 Å². The van der Waals surface area contributed by atoms with Gasteiger partial charge in [0.1, 0.15) is 0 Å². The van der Waals surface area contributed by atoms with E-state index in [2.05, 4.69) is 5.43 Å². The summed E-state index contributed by atoms with van der Waals surface area (Å²) in [5.74, 6) is 0. The topological polar surface area (TPSA) is 32.3 Å². The number of carbonyl (C=O) groups excluding carboxylic acids is 1. The first kappa shape index (κ1) is 8.09. The molecule has 1 atom stereocenters. The first-order valence-electron chi connectivity index (χ1n) is 3.57. The van der Waals surface area contributed by atoms with Gasteiger partial charge in [-0.15, -0.1) is 0 Å². The van der Waals surface area contributed by atoms with E-state index in [0.29, 0.717) is 4.69 Å². The van der Waals surface area contributed by atoms with Gasteiger partial charge < -0.3 is 0 Å². The minimum absolute atomic E-state index is 0.333. The Balaban J connectivity index is 2.31. The minimum atomic E-state index is -0.373. The normalized spacial score (nSPS) is 20.3. The Labute approximate surface area is 67.8 Å². The summed E-state index contributed by atoms with van der Waals surface area (Å²) < 4.78 is 0.333. The number of hydrazine groups is 1. The molecule has 0 radical (unpaired) electrons. The zero-order valence-electron chi connectivity index (χ0n) is 6.18. The summed E-state index contributed by atoms with van der Waals surface area (Å²) in [6, 6.07) is 0. The average Bonchev–Trinajstić information content (AvgIpc) is 2.05. The fraction of sp³-hybridized carbons (Fsp3) is 0.833. The van der Waals surface area contributed by atoms with Gasteiger partial charge in [-0.1, -0.05) is 0 Å². The van der Waals surface area contributed by atoms with Crippen LogP contribution in [-0.4, -0.2) is 38.5 Å². The molecule has 0 saturated carbocycles. The fourth-order valence-corrected chi connectivity index (χ4v) is 1.96. The van der Waals surface area contributed by atoms with E-state index >= 15 is 0 Å². The van der Waals surface area contributed by atoms with Gasteiger partial charge in [0, 0.05) is 0 Å². The van der Waals surface area contributed by atoms with Crippen LogP contribution in [0, 0.1) is 0 Å². The van der Waals surface area contributed by atoms with Crippen LogP contribution in [-0.2, 0) is 0 Å². The molecule has 0 aromatic heterocycles. The molecule has 0 aromatic rings.